The molecule has 0 atom stereocenters. The molecular weight excluding hydrogens is 268 g/mol. The molecule has 1 amide bonds. The van der Waals surface area contributed by atoms with Crippen LogP contribution in [0, 0.1) is 10.1 Å². The molecule has 0 radical (unpaired) electrons. The molecule has 0 saturated heterocycles. The predicted octanol–water partition coefficient (Wildman–Crippen LogP) is 0.687. The minimum absolute atomic E-state index is 0.0755. The van der Waals surface area contributed by atoms with E-state index in [2.05, 4.69) is 0 Å². The maximum absolute atomic E-state index is 11.8. The van der Waals surface area contributed by atoms with Crippen LogP contribution in [0.5, 0.6) is 0 Å². The lowest BCUT2D eigenvalue weighted by Crippen LogP contribution is -2.35. The summed E-state index contributed by atoms with van der Waals surface area (Å²) in [5, 5.41) is 10.7. The molecule has 0 fully saturated rings. The molecule has 1 aliphatic rings. The Morgan fingerprint density at radius 1 is 1.40 bits per heavy atom. The number of hydrogen-bond acceptors (Lipinski definition) is 6. The first-order chi connectivity index (χ1) is 9.45. The van der Waals surface area contributed by atoms with Gasteiger partial charge in [0, 0.05) is 12.1 Å². The van der Waals surface area contributed by atoms with Gasteiger partial charge in [0.1, 0.15) is 6.54 Å². The molecule has 1 aromatic rings. The number of rotatable bonds is 4. The van der Waals surface area contributed by atoms with Gasteiger partial charge in [-0.15, -0.1) is 0 Å². The molecule has 0 saturated carbocycles. The Bertz CT molecular complexity index is 624. The van der Waals surface area contributed by atoms with Crippen LogP contribution >= 0.6 is 0 Å². The van der Waals surface area contributed by atoms with Gasteiger partial charge in [-0.3, -0.25) is 29.4 Å². The molecule has 0 spiro atoms. The standard InChI is InChI=1S/C12H10N2O6/c1-2-20-10(15)6-13-9-4-3-7(14(18)19)5-8(9)11(16)12(13)17/h3-5H,2,6H2,1H3. The van der Waals surface area contributed by atoms with Crippen LogP contribution in [0.1, 0.15) is 17.3 Å². The fourth-order valence-corrected chi connectivity index (χ4v) is 1.89. The third-order valence-electron chi connectivity index (χ3n) is 2.76. The minimum Gasteiger partial charge on any atom is -0.465 e. The fraction of sp³-hybridized carbons (Fsp3) is 0.250. The highest BCUT2D eigenvalue weighted by atomic mass is 16.6. The first kappa shape index (κ1) is 13.7. The highest BCUT2D eigenvalue weighted by molar-refractivity contribution is 6.52. The van der Waals surface area contributed by atoms with Crippen molar-refractivity contribution in [2.75, 3.05) is 18.1 Å². The third-order valence-corrected chi connectivity index (χ3v) is 2.76. The van der Waals surface area contributed by atoms with Crippen molar-refractivity contribution in [3.8, 4) is 0 Å². The van der Waals surface area contributed by atoms with E-state index in [1.807, 2.05) is 0 Å². The summed E-state index contributed by atoms with van der Waals surface area (Å²) in [4.78, 5) is 45.9. The zero-order valence-corrected chi connectivity index (χ0v) is 10.5. The average molecular weight is 278 g/mol. The first-order valence-electron chi connectivity index (χ1n) is 5.76. The van der Waals surface area contributed by atoms with E-state index < -0.39 is 29.1 Å². The van der Waals surface area contributed by atoms with Crippen LogP contribution in [0.25, 0.3) is 0 Å². The highest BCUT2D eigenvalue weighted by Gasteiger charge is 2.38. The maximum atomic E-state index is 11.8. The van der Waals surface area contributed by atoms with Gasteiger partial charge < -0.3 is 4.74 Å². The summed E-state index contributed by atoms with van der Waals surface area (Å²) in [5.41, 5.74) is -0.185. The number of nitro benzene ring substituents is 1. The monoisotopic (exact) mass is 278 g/mol. The summed E-state index contributed by atoms with van der Waals surface area (Å²) in [5.74, 6) is -2.42. The summed E-state index contributed by atoms with van der Waals surface area (Å²) in [6, 6.07) is 3.47. The molecule has 20 heavy (non-hydrogen) atoms. The molecular formula is C12H10N2O6. The number of benzene rings is 1. The number of amides is 1. The number of non-ortho nitro benzene ring substituents is 1. The maximum Gasteiger partial charge on any atom is 0.326 e. The lowest BCUT2D eigenvalue weighted by Gasteiger charge is -2.14. The van der Waals surface area contributed by atoms with Gasteiger partial charge in [-0.05, 0) is 13.0 Å². The van der Waals surface area contributed by atoms with Crippen molar-refractivity contribution in [1.29, 1.82) is 0 Å². The SMILES string of the molecule is CCOC(=O)CN1C(=O)C(=O)c2cc([N+](=O)[O-])ccc21. The second kappa shape index (κ2) is 5.08. The van der Waals surface area contributed by atoms with Crippen molar-refractivity contribution in [1.82, 2.24) is 0 Å². The van der Waals surface area contributed by atoms with Crippen LogP contribution in [-0.2, 0) is 14.3 Å². The molecule has 8 nitrogen and oxygen atoms in total. The number of anilines is 1. The number of esters is 1. The smallest absolute Gasteiger partial charge is 0.326 e. The van der Waals surface area contributed by atoms with E-state index in [0.29, 0.717) is 0 Å². The Hall–Kier alpha value is -2.77. The van der Waals surface area contributed by atoms with Crippen LogP contribution in [0.15, 0.2) is 18.2 Å². The molecule has 0 aliphatic carbocycles. The van der Waals surface area contributed by atoms with Crippen molar-refractivity contribution in [3.05, 3.63) is 33.9 Å². The summed E-state index contributed by atoms with van der Waals surface area (Å²) in [7, 11) is 0. The van der Waals surface area contributed by atoms with Gasteiger partial charge >= 0.3 is 5.97 Å². The molecule has 1 aliphatic heterocycles. The average Bonchev–Trinajstić information content (AvgIpc) is 2.64. The topological polar surface area (TPSA) is 107 Å². The van der Waals surface area contributed by atoms with Crippen molar-refractivity contribution in [3.63, 3.8) is 0 Å². The molecule has 0 unspecified atom stereocenters. The third kappa shape index (κ3) is 2.22. The largest absolute Gasteiger partial charge is 0.465 e. The lowest BCUT2D eigenvalue weighted by molar-refractivity contribution is -0.384. The van der Waals surface area contributed by atoms with Crippen molar-refractivity contribution < 1.29 is 24.0 Å². The Morgan fingerprint density at radius 3 is 2.70 bits per heavy atom. The number of ketones is 1. The van der Waals surface area contributed by atoms with Crippen LogP contribution in [0.4, 0.5) is 11.4 Å². The van der Waals surface area contributed by atoms with Crippen LogP contribution in [-0.4, -0.2) is 35.7 Å². The van der Waals surface area contributed by atoms with Gasteiger partial charge in [0.25, 0.3) is 17.4 Å². The molecule has 0 N–H and O–H groups in total. The molecule has 1 heterocycles. The number of Topliss-reactive ketones (excluding diaryl/α,β-unsaturated/α-hetero) is 1. The van der Waals surface area contributed by atoms with E-state index in [9.17, 15) is 24.5 Å². The number of carbonyl (C=O) groups excluding carboxylic acids is 3. The second-order valence-electron chi connectivity index (χ2n) is 3.98. The Labute approximate surface area is 113 Å². The zero-order valence-electron chi connectivity index (χ0n) is 10.5. The molecule has 0 bridgehead atoms. The Balaban J connectivity index is 2.36. The second-order valence-corrected chi connectivity index (χ2v) is 3.98. The van der Waals surface area contributed by atoms with Gasteiger partial charge in [-0.1, -0.05) is 0 Å². The van der Waals surface area contributed by atoms with Gasteiger partial charge in [0.15, 0.2) is 0 Å². The van der Waals surface area contributed by atoms with Crippen LogP contribution in [0.2, 0.25) is 0 Å². The number of fused-ring (bicyclic) bond motifs is 1. The van der Waals surface area contributed by atoms with Gasteiger partial charge in [-0.25, -0.2) is 0 Å². The van der Waals surface area contributed by atoms with E-state index in [1.165, 1.54) is 12.1 Å². The van der Waals surface area contributed by atoms with Crippen molar-refractivity contribution in [2.24, 2.45) is 0 Å². The van der Waals surface area contributed by atoms with Crippen LogP contribution in [0.3, 0.4) is 0 Å². The van der Waals surface area contributed by atoms with E-state index >= 15 is 0 Å². The fourth-order valence-electron chi connectivity index (χ4n) is 1.89. The molecule has 8 heteroatoms. The Morgan fingerprint density at radius 2 is 2.10 bits per heavy atom. The van der Waals surface area contributed by atoms with Crippen molar-refractivity contribution in [2.45, 2.75) is 6.92 Å². The normalized spacial score (nSPS) is 13.3. The van der Waals surface area contributed by atoms with E-state index in [4.69, 9.17) is 4.74 Å². The number of carbonyl (C=O) groups is 3. The molecule has 0 aromatic heterocycles. The lowest BCUT2D eigenvalue weighted by atomic mass is 10.1. The van der Waals surface area contributed by atoms with E-state index in [0.717, 1.165) is 11.0 Å². The molecule has 2 rings (SSSR count). The van der Waals surface area contributed by atoms with Crippen LogP contribution < -0.4 is 4.90 Å². The van der Waals surface area contributed by atoms with E-state index in [1.54, 1.807) is 6.92 Å². The Kier molecular flexibility index (Phi) is 3.47. The first-order valence-corrected chi connectivity index (χ1v) is 5.76. The summed E-state index contributed by atoms with van der Waals surface area (Å²) in [6.07, 6.45) is 0. The highest BCUT2D eigenvalue weighted by Crippen LogP contribution is 2.31. The number of nitrogens with zero attached hydrogens (tertiary/aromatic N) is 2. The molecule has 1 aromatic carbocycles. The van der Waals surface area contributed by atoms with Crippen molar-refractivity contribution >= 4 is 29.0 Å². The number of nitro groups is 1. The zero-order chi connectivity index (χ0) is 14.9. The number of ether oxygens (including phenoxy) is 1. The quantitative estimate of drug-likeness (QED) is 0.347. The summed E-state index contributed by atoms with van der Waals surface area (Å²) in [6.45, 7) is 1.37. The summed E-state index contributed by atoms with van der Waals surface area (Å²) < 4.78 is 4.71. The van der Waals surface area contributed by atoms with Gasteiger partial charge in [-0.2, -0.15) is 0 Å². The van der Waals surface area contributed by atoms with E-state index in [-0.39, 0.29) is 23.5 Å². The number of hydrogen-bond donors (Lipinski definition) is 0. The predicted molar refractivity (Wildman–Crippen MR) is 66.4 cm³/mol. The molecule has 104 valence electrons. The van der Waals surface area contributed by atoms with Gasteiger partial charge in [0.05, 0.1) is 22.8 Å². The van der Waals surface area contributed by atoms with Gasteiger partial charge in [0.2, 0.25) is 0 Å². The summed E-state index contributed by atoms with van der Waals surface area (Å²) >= 11 is 0. The minimum atomic E-state index is -0.895.